The van der Waals surface area contributed by atoms with Crippen LogP contribution in [0.1, 0.15) is 0 Å². The molecule has 1 N–H and O–H groups in total. The van der Waals surface area contributed by atoms with Gasteiger partial charge in [-0.15, -0.1) is 0 Å². The molecule has 0 amide bonds. The minimum Gasteiger partial charge on any atom is -0.280 e. The number of hydrogen-bond donors (Lipinski definition) is 1. The molecule has 0 fully saturated rings. The average Bonchev–Trinajstić information content (AvgIpc) is 2.90. The topological polar surface area (TPSA) is 46.2 Å². The number of rotatable bonds is 6. The first-order valence-corrected chi connectivity index (χ1v) is 12.5. The highest BCUT2D eigenvalue weighted by atomic mass is 32.2. The van der Waals surface area contributed by atoms with Crippen molar-refractivity contribution in [1.82, 2.24) is 0 Å². The van der Waals surface area contributed by atoms with Gasteiger partial charge in [-0.1, -0.05) is 109 Å². The molecule has 0 unspecified atom stereocenters. The molecule has 3 nitrogen and oxygen atoms in total. The van der Waals surface area contributed by atoms with Crippen LogP contribution in [0, 0.1) is 0 Å². The highest BCUT2D eigenvalue weighted by molar-refractivity contribution is 7.93. The molecule has 0 aromatic heterocycles. The Bertz CT molecular complexity index is 1440. The lowest BCUT2D eigenvalue weighted by molar-refractivity contribution is 0.602. The number of nitrogens with one attached hydrogen (secondary N) is 1. The summed E-state index contributed by atoms with van der Waals surface area (Å²) >= 11 is 0. The molecule has 5 aromatic carbocycles. The number of sulfonamides is 1. The summed E-state index contributed by atoms with van der Waals surface area (Å²) in [5.41, 5.74) is 5.49. The third-order valence-electron chi connectivity index (χ3n) is 5.66. The maximum absolute atomic E-state index is 13.9. The van der Waals surface area contributed by atoms with E-state index in [4.69, 9.17) is 0 Å². The van der Waals surface area contributed by atoms with E-state index in [9.17, 15) is 8.42 Å². The Hall–Kier alpha value is -4.15. The van der Waals surface area contributed by atoms with Gasteiger partial charge in [-0.25, -0.2) is 8.42 Å². The van der Waals surface area contributed by atoms with Crippen LogP contribution in [0.4, 0.5) is 5.69 Å². The van der Waals surface area contributed by atoms with Gasteiger partial charge in [-0.05, 0) is 46.5 Å². The third kappa shape index (κ3) is 4.49. The van der Waals surface area contributed by atoms with E-state index in [2.05, 4.69) is 4.72 Å². The normalized spacial score (nSPS) is 11.2. The number of benzene rings is 5. The second kappa shape index (κ2) is 9.38. The zero-order chi connectivity index (χ0) is 23.4. The van der Waals surface area contributed by atoms with E-state index in [1.807, 2.05) is 121 Å². The van der Waals surface area contributed by atoms with Crippen LogP contribution < -0.4 is 4.72 Å². The minimum absolute atomic E-state index is 0.258. The third-order valence-corrected chi connectivity index (χ3v) is 7.14. The molecule has 0 aliphatic carbocycles. The molecule has 0 radical (unpaired) electrons. The van der Waals surface area contributed by atoms with Crippen LogP contribution in [0.15, 0.2) is 138 Å². The SMILES string of the molecule is O=S(=O)(Nc1ccccc1)c1c(-c2ccccc2)cc(-c2ccccc2)cc1-c1ccccc1. The highest BCUT2D eigenvalue weighted by Gasteiger charge is 2.26. The zero-order valence-corrected chi connectivity index (χ0v) is 19.2. The second-order valence-electron chi connectivity index (χ2n) is 7.97. The Morgan fingerprint density at radius 1 is 0.441 bits per heavy atom. The van der Waals surface area contributed by atoms with E-state index in [0.717, 1.165) is 22.3 Å². The van der Waals surface area contributed by atoms with Gasteiger partial charge in [0.2, 0.25) is 0 Å². The highest BCUT2D eigenvalue weighted by Crippen LogP contribution is 2.40. The van der Waals surface area contributed by atoms with Gasteiger partial charge in [0.05, 0.1) is 0 Å². The fraction of sp³-hybridized carbons (Fsp3) is 0. The maximum Gasteiger partial charge on any atom is 0.263 e. The standard InChI is InChI=1S/C30H23NO2S/c32-34(33,31-27-19-11-4-12-20-27)30-28(24-15-7-2-8-16-24)21-26(23-13-5-1-6-14-23)22-29(30)25-17-9-3-10-18-25/h1-22,31H. The van der Waals surface area contributed by atoms with Gasteiger partial charge in [0.25, 0.3) is 10.0 Å². The fourth-order valence-electron chi connectivity index (χ4n) is 4.09. The van der Waals surface area contributed by atoms with Crippen molar-refractivity contribution in [3.63, 3.8) is 0 Å². The van der Waals surface area contributed by atoms with Crippen LogP contribution in [0.25, 0.3) is 33.4 Å². The molecule has 0 aliphatic heterocycles. The first-order chi connectivity index (χ1) is 16.6. The Morgan fingerprint density at radius 2 is 0.824 bits per heavy atom. The lowest BCUT2D eigenvalue weighted by Gasteiger charge is -2.19. The van der Waals surface area contributed by atoms with Crippen LogP contribution in [0.5, 0.6) is 0 Å². The summed E-state index contributed by atoms with van der Waals surface area (Å²) in [5, 5.41) is 0. The van der Waals surface area contributed by atoms with Crippen molar-refractivity contribution in [2.24, 2.45) is 0 Å². The summed E-state index contributed by atoms with van der Waals surface area (Å²) in [5.74, 6) is 0. The quantitative estimate of drug-likeness (QED) is 0.285. The minimum atomic E-state index is -3.92. The maximum atomic E-state index is 13.9. The van der Waals surface area contributed by atoms with Gasteiger partial charge in [0.15, 0.2) is 0 Å². The van der Waals surface area contributed by atoms with Crippen LogP contribution >= 0.6 is 0 Å². The van der Waals surface area contributed by atoms with Gasteiger partial charge in [-0.2, -0.15) is 0 Å². The number of para-hydroxylation sites is 1. The lowest BCUT2D eigenvalue weighted by atomic mass is 9.93. The van der Waals surface area contributed by atoms with Crippen molar-refractivity contribution < 1.29 is 8.42 Å². The molecule has 0 heterocycles. The first-order valence-electron chi connectivity index (χ1n) is 11.0. The van der Waals surface area contributed by atoms with Crippen LogP contribution in [-0.4, -0.2) is 8.42 Å². The number of hydrogen-bond acceptors (Lipinski definition) is 2. The summed E-state index contributed by atoms with van der Waals surface area (Å²) < 4.78 is 30.6. The lowest BCUT2D eigenvalue weighted by Crippen LogP contribution is -2.15. The van der Waals surface area contributed by atoms with Crippen molar-refractivity contribution >= 4 is 15.7 Å². The van der Waals surface area contributed by atoms with Gasteiger partial charge < -0.3 is 0 Å². The number of anilines is 1. The summed E-state index contributed by atoms with van der Waals surface area (Å²) in [7, 11) is -3.92. The summed E-state index contributed by atoms with van der Waals surface area (Å²) in [4.78, 5) is 0.258. The molecule has 0 saturated heterocycles. The van der Waals surface area contributed by atoms with E-state index in [0.29, 0.717) is 16.8 Å². The zero-order valence-electron chi connectivity index (χ0n) is 18.4. The Kier molecular flexibility index (Phi) is 5.98. The molecule has 0 saturated carbocycles. The largest absolute Gasteiger partial charge is 0.280 e. The summed E-state index contributed by atoms with van der Waals surface area (Å²) in [6.07, 6.45) is 0. The molecule has 5 rings (SSSR count). The Balaban J connectivity index is 1.83. The smallest absolute Gasteiger partial charge is 0.263 e. The summed E-state index contributed by atoms with van der Waals surface area (Å²) in [6, 6.07) is 42.3. The monoisotopic (exact) mass is 461 g/mol. The predicted molar refractivity (Wildman–Crippen MR) is 140 cm³/mol. The van der Waals surface area contributed by atoms with E-state index in [1.54, 1.807) is 12.1 Å². The van der Waals surface area contributed by atoms with Crippen molar-refractivity contribution in [2.75, 3.05) is 4.72 Å². The van der Waals surface area contributed by atoms with Crippen LogP contribution in [-0.2, 0) is 10.0 Å². The molecule has 0 atom stereocenters. The van der Waals surface area contributed by atoms with E-state index in [-0.39, 0.29) is 4.90 Å². The van der Waals surface area contributed by atoms with Crippen LogP contribution in [0.3, 0.4) is 0 Å². The van der Waals surface area contributed by atoms with Crippen molar-refractivity contribution in [1.29, 1.82) is 0 Å². The fourth-order valence-corrected chi connectivity index (χ4v) is 5.57. The molecule has 34 heavy (non-hydrogen) atoms. The molecular weight excluding hydrogens is 438 g/mol. The van der Waals surface area contributed by atoms with Gasteiger partial charge in [-0.3, -0.25) is 4.72 Å². The molecular formula is C30H23NO2S. The molecule has 4 heteroatoms. The molecule has 0 spiro atoms. The van der Waals surface area contributed by atoms with E-state index >= 15 is 0 Å². The first kappa shape index (κ1) is 21.7. The van der Waals surface area contributed by atoms with Crippen LogP contribution in [0.2, 0.25) is 0 Å². The van der Waals surface area contributed by atoms with Gasteiger partial charge >= 0.3 is 0 Å². The van der Waals surface area contributed by atoms with Crippen molar-refractivity contribution in [3.8, 4) is 33.4 Å². The molecule has 5 aromatic rings. The van der Waals surface area contributed by atoms with Gasteiger partial charge in [0.1, 0.15) is 4.90 Å². The molecule has 166 valence electrons. The second-order valence-corrected chi connectivity index (χ2v) is 9.59. The molecule has 0 bridgehead atoms. The van der Waals surface area contributed by atoms with E-state index < -0.39 is 10.0 Å². The van der Waals surface area contributed by atoms with Crippen molar-refractivity contribution in [3.05, 3.63) is 133 Å². The Labute approximate surface area is 200 Å². The van der Waals surface area contributed by atoms with Crippen molar-refractivity contribution in [2.45, 2.75) is 4.90 Å². The summed E-state index contributed by atoms with van der Waals surface area (Å²) in [6.45, 7) is 0. The van der Waals surface area contributed by atoms with E-state index in [1.165, 1.54) is 0 Å². The van der Waals surface area contributed by atoms with Gasteiger partial charge in [0, 0.05) is 16.8 Å². The Morgan fingerprint density at radius 3 is 1.26 bits per heavy atom. The predicted octanol–water partition coefficient (Wildman–Crippen LogP) is 7.49. The average molecular weight is 462 g/mol. The molecule has 0 aliphatic rings.